The molecule has 9 nitrogen and oxygen atoms in total. The van der Waals surface area contributed by atoms with Crippen molar-refractivity contribution in [1.29, 1.82) is 0 Å². The normalized spacial score (nSPS) is 20.1. The van der Waals surface area contributed by atoms with Gasteiger partial charge in [-0.05, 0) is 40.9 Å². The summed E-state index contributed by atoms with van der Waals surface area (Å²) in [5.41, 5.74) is -0.710. The molecular weight excluding hydrogens is 631 g/mol. The maximum absolute atomic E-state index is 13.3. The Morgan fingerprint density at radius 3 is 2.16 bits per heavy atom. The average molecular weight is 669 g/mol. The standard InChI is InChI=1S/C33H38ClN2O7PSi/c1-23-22-36(32(38)35-31(23)37)30-21-29(28(41-30)19-20-44(39,40)42-27-18-12-11-17-26(27)34)43-45(33(2,3)4,24-13-7-5-8-14-24)25-15-9-6-10-16-25/h5-18,22,28-30H,19-21H2,1-4H3,(H,39,40)(H,35,37,38)/t28-,29+,30-/m1/s1. The number of halogens is 1. The van der Waals surface area contributed by atoms with Gasteiger partial charge in [-0.25, -0.2) is 9.36 Å². The second kappa shape index (κ2) is 13.2. The summed E-state index contributed by atoms with van der Waals surface area (Å²) >= 11 is 6.18. The molecule has 0 aliphatic carbocycles. The molecule has 1 aromatic heterocycles. The van der Waals surface area contributed by atoms with Crippen LogP contribution in [0.4, 0.5) is 0 Å². The molecule has 3 aromatic carbocycles. The molecule has 0 saturated carbocycles. The number of hydrogen-bond donors (Lipinski definition) is 2. The molecule has 1 aliphatic heterocycles. The van der Waals surface area contributed by atoms with Crippen LogP contribution >= 0.6 is 19.2 Å². The predicted molar refractivity (Wildman–Crippen MR) is 178 cm³/mol. The molecule has 0 radical (unpaired) electrons. The molecule has 2 heterocycles. The predicted octanol–water partition coefficient (Wildman–Crippen LogP) is 5.39. The van der Waals surface area contributed by atoms with Gasteiger partial charge < -0.3 is 18.6 Å². The number of H-pyrrole nitrogens is 1. The zero-order chi connectivity index (χ0) is 32.4. The fraction of sp³-hybridized carbons (Fsp3) is 0.333. The Kier molecular flexibility index (Phi) is 9.75. The second-order valence-corrected chi connectivity index (χ2v) is 18.9. The zero-order valence-corrected chi connectivity index (χ0v) is 28.3. The maximum Gasteiger partial charge on any atom is 0.376 e. The molecule has 0 spiro atoms. The van der Waals surface area contributed by atoms with Gasteiger partial charge in [-0.1, -0.05) is 105 Å². The molecule has 238 valence electrons. The van der Waals surface area contributed by atoms with E-state index in [2.05, 4.69) is 50.0 Å². The summed E-state index contributed by atoms with van der Waals surface area (Å²) in [5, 5.41) is 2.02. The van der Waals surface area contributed by atoms with Gasteiger partial charge in [-0.2, -0.15) is 0 Å². The number of para-hydroxylation sites is 1. The van der Waals surface area contributed by atoms with Crippen molar-refractivity contribution in [3.8, 4) is 5.75 Å². The summed E-state index contributed by atoms with van der Waals surface area (Å²) in [6.07, 6.45) is -0.395. The van der Waals surface area contributed by atoms with E-state index >= 15 is 0 Å². The molecule has 5 rings (SSSR count). The number of aromatic nitrogens is 2. The lowest BCUT2D eigenvalue weighted by molar-refractivity contribution is -0.0194. The summed E-state index contributed by atoms with van der Waals surface area (Å²) in [6.45, 7) is 8.11. The van der Waals surface area contributed by atoms with E-state index in [1.807, 2.05) is 36.4 Å². The molecule has 4 aromatic rings. The first-order chi connectivity index (χ1) is 21.3. The van der Waals surface area contributed by atoms with E-state index in [-0.39, 0.29) is 34.8 Å². The van der Waals surface area contributed by atoms with E-state index in [1.165, 1.54) is 16.8 Å². The molecule has 1 unspecified atom stereocenters. The smallest absolute Gasteiger partial charge is 0.376 e. The van der Waals surface area contributed by atoms with Crippen LogP contribution in [0.3, 0.4) is 0 Å². The monoisotopic (exact) mass is 668 g/mol. The Labute approximate surface area is 268 Å². The van der Waals surface area contributed by atoms with Crippen molar-refractivity contribution in [3.05, 3.63) is 123 Å². The molecule has 45 heavy (non-hydrogen) atoms. The van der Waals surface area contributed by atoms with E-state index in [4.69, 9.17) is 25.3 Å². The Balaban J connectivity index is 1.54. The number of ether oxygens (including phenoxy) is 1. The van der Waals surface area contributed by atoms with Crippen molar-refractivity contribution in [2.45, 2.75) is 64.0 Å². The van der Waals surface area contributed by atoms with Gasteiger partial charge in [0.2, 0.25) is 0 Å². The minimum atomic E-state index is -4.16. The van der Waals surface area contributed by atoms with Gasteiger partial charge in [0.25, 0.3) is 13.9 Å². The van der Waals surface area contributed by atoms with Crippen LogP contribution in [-0.2, 0) is 13.7 Å². The Hall–Kier alpha value is -3.24. The van der Waals surface area contributed by atoms with Gasteiger partial charge in [-0.15, -0.1) is 0 Å². The average Bonchev–Trinajstić information content (AvgIpc) is 3.40. The molecule has 1 aliphatic rings. The van der Waals surface area contributed by atoms with Gasteiger partial charge >= 0.3 is 13.3 Å². The molecule has 0 amide bonds. The molecule has 1 fully saturated rings. The van der Waals surface area contributed by atoms with Crippen molar-refractivity contribution in [1.82, 2.24) is 9.55 Å². The SMILES string of the molecule is Cc1cn([C@H]2C[C@H](O[Si](c3ccccc3)(c3ccccc3)C(C)(C)C)[C@@H](CCP(=O)(O)Oc3ccccc3Cl)O2)c(=O)[nH]c1=O. The Morgan fingerprint density at radius 1 is 1.00 bits per heavy atom. The van der Waals surface area contributed by atoms with Crippen LogP contribution in [0.1, 0.15) is 45.4 Å². The third kappa shape index (κ3) is 7.12. The summed E-state index contributed by atoms with van der Waals surface area (Å²) in [6, 6.07) is 26.8. The van der Waals surface area contributed by atoms with Crippen LogP contribution in [-0.4, -0.2) is 41.1 Å². The number of benzene rings is 3. The van der Waals surface area contributed by atoms with Gasteiger partial charge in [0, 0.05) is 18.2 Å². The zero-order valence-electron chi connectivity index (χ0n) is 25.7. The van der Waals surface area contributed by atoms with E-state index in [0.29, 0.717) is 5.56 Å². The molecule has 4 atom stereocenters. The highest BCUT2D eigenvalue weighted by Crippen LogP contribution is 2.47. The van der Waals surface area contributed by atoms with Crippen molar-refractivity contribution in [2.75, 3.05) is 6.16 Å². The summed E-state index contributed by atoms with van der Waals surface area (Å²) in [5.74, 6) is 0.116. The number of aryl methyl sites for hydroxylation is 1. The number of nitrogens with zero attached hydrogens (tertiary/aromatic N) is 1. The van der Waals surface area contributed by atoms with Crippen LogP contribution in [0.2, 0.25) is 10.1 Å². The summed E-state index contributed by atoms with van der Waals surface area (Å²) < 4.78 is 34.0. The summed E-state index contributed by atoms with van der Waals surface area (Å²) in [4.78, 5) is 38.2. The van der Waals surface area contributed by atoms with E-state index in [9.17, 15) is 19.0 Å². The van der Waals surface area contributed by atoms with Gasteiger partial charge in [-0.3, -0.25) is 14.3 Å². The fourth-order valence-corrected chi connectivity index (χ4v) is 12.1. The number of rotatable bonds is 10. The Morgan fingerprint density at radius 2 is 1.58 bits per heavy atom. The van der Waals surface area contributed by atoms with Gasteiger partial charge in [0.05, 0.1) is 23.4 Å². The van der Waals surface area contributed by atoms with E-state index in [1.54, 1.807) is 25.1 Å². The minimum absolute atomic E-state index is 0.106. The van der Waals surface area contributed by atoms with Crippen LogP contribution in [0.15, 0.2) is 101 Å². The van der Waals surface area contributed by atoms with Crippen LogP contribution in [0.25, 0.3) is 0 Å². The number of nitrogens with one attached hydrogen (secondary N) is 1. The number of aromatic amines is 1. The molecule has 0 bridgehead atoms. The van der Waals surface area contributed by atoms with E-state index in [0.717, 1.165) is 10.4 Å². The highest BCUT2D eigenvalue weighted by Gasteiger charge is 2.54. The van der Waals surface area contributed by atoms with Crippen molar-refractivity contribution in [2.24, 2.45) is 0 Å². The van der Waals surface area contributed by atoms with E-state index < -0.39 is 45.6 Å². The molecule has 1 saturated heterocycles. The Bertz CT molecular complexity index is 1750. The maximum atomic E-state index is 13.3. The van der Waals surface area contributed by atoms with Crippen molar-refractivity contribution in [3.63, 3.8) is 0 Å². The van der Waals surface area contributed by atoms with Crippen LogP contribution < -0.4 is 26.1 Å². The fourth-order valence-electron chi connectivity index (χ4n) is 5.98. The topological polar surface area (TPSA) is 120 Å². The molecule has 2 N–H and O–H groups in total. The van der Waals surface area contributed by atoms with Crippen molar-refractivity contribution >= 4 is 37.9 Å². The number of hydrogen-bond acceptors (Lipinski definition) is 6. The van der Waals surface area contributed by atoms with Crippen LogP contribution in [0, 0.1) is 6.92 Å². The highest BCUT2D eigenvalue weighted by molar-refractivity contribution is 7.53. The van der Waals surface area contributed by atoms with Crippen molar-refractivity contribution < 1.29 is 23.1 Å². The third-order valence-electron chi connectivity index (χ3n) is 8.16. The van der Waals surface area contributed by atoms with Crippen LogP contribution in [0.5, 0.6) is 5.75 Å². The third-order valence-corrected chi connectivity index (χ3v) is 14.8. The largest absolute Gasteiger partial charge is 0.423 e. The molecule has 12 heteroatoms. The first-order valence-corrected chi connectivity index (χ1v) is 18.9. The first kappa shape index (κ1) is 33.1. The lowest BCUT2D eigenvalue weighted by atomic mass is 10.1. The minimum Gasteiger partial charge on any atom is -0.423 e. The van der Waals surface area contributed by atoms with Gasteiger partial charge in [0.1, 0.15) is 12.0 Å². The highest BCUT2D eigenvalue weighted by atomic mass is 35.5. The quantitative estimate of drug-likeness (QED) is 0.172. The molecular formula is C33H38ClN2O7PSi. The lowest BCUT2D eigenvalue weighted by Crippen LogP contribution is -2.68. The second-order valence-electron chi connectivity index (χ2n) is 12.3. The van der Waals surface area contributed by atoms with Gasteiger partial charge in [0.15, 0.2) is 0 Å². The summed E-state index contributed by atoms with van der Waals surface area (Å²) in [7, 11) is -7.23. The lowest BCUT2D eigenvalue weighted by Gasteiger charge is -2.45. The first-order valence-electron chi connectivity index (χ1n) is 14.8.